The van der Waals surface area contributed by atoms with Gasteiger partial charge in [0.2, 0.25) is 6.10 Å². The second-order valence-electron chi connectivity index (χ2n) is 38.5. The first-order valence-electron chi connectivity index (χ1n) is 44.2. The first-order chi connectivity index (χ1) is 57.4. The van der Waals surface area contributed by atoms with E-state index in [1.54, 1.807) is 32.0 Å². The maximum atomic E-state index is 13.3. The molecule has 9 fully saturated rings. The van der Waals surface area contributed by atoms with E-state index in [0.717, 1.165) is 64.2 Å². The van der Waals surface area contributed by atoms with E-state index < -0.39 is 79.6 Å². The number of carbonyl (C=O) groups excluding carboxylic acids is 7. The number of aromatic hydroxyl groups is 2. The molecule has 0 radical (unpaired) electrons. The van der Waals surface area contributed by atoms with Gasteiger partial charge in [0.05, 0.1) is 60.4 Å². The Kier molecular flexibility index (Phi) is 33.5. The Labute approximate surface area is 729 Å². The number of phenolic OH excluding ortho intramolecular Hbond substituents is 2. The molecule has 0 amide bonds. The number of ether oxygens (including phenoxy) is 8. The number of rotatable bonds is 23. The molecule has 3 aliphatic heterocycles. The quantitative estimate of drug-likeness (QED) is 0.0198. The summed E-state index contributed by atoms with van der Waals surface area (Å²) in [6.45, 7) is 37.0. The van der Waals surface area contributed by atoms with Gasteiger partial charge in [0.25, 0.3) is 0 Å². The molecule has 6 bridgehead atoms. The maximum absolute atomic E-state index is 13.3. The molecule has 0 spiro atoms. The van der Waals surface area contributed by atoms with Gasteiger partial charge in [-0.2, -0.15) is 13.2 Å². The van der Waals surface area contributed by atoms with Crippen molar-refractivity contribution in [3.05, 3.63) is 133 Å². The van der Waals surface area contributed by atoms with Crippen molar-refractivity contribution in [2.24, 2.45) is 50.2 Å². The lowest BCUT2D eigenvalue weighted by molar-refractivity contribution is -0.239. The molecule has 9 atom stereocenters. The molecule has 4 heterocycles. The second kappa shape index (κ2) is 41.1. The van der Waals surface area contributed by atoms with Gasteiger partial charge in [-0.25, -0.2) is 8.42 Å². The zero-order chi connectivity index (χ0) is 91.3. The summed E-state index contributed by atoms with van der Waals surface area (Å²) in [5.74, 6) is -2.83. The number of alkyl halides is 3. The van der Waals surface area contributed by atoms with Crippen LogP contribution in [-0.2, 0) is 76.8 Å². The van der Waals surface area contributed by atoms with Crippen molar-refractivity contribution >= 4 is 82.5 Å². The summed E-state index contributed by atoms with van der Waals surface area (Å²) < 4.78 is 119. The minimum absolute atomic E-state index is 0.00100. The van der Waals surface area contributed by atoms with Gasteiger partial charge in [0, 0.05) is 27.7 Å². The minimum atomic E-state index is -5.27. The van der Waals surface area contributed by atoms with Crippen LogP contribution in [0.1, 0.15) is 284 Å². The van der Waals surface area contributed by atoms with Gasteiger partial charge in [-0.3, -0.25) is 33.6 Å². The largest absolute Gasteiger partial charge is 0.748 e. The molecule has 123 heavy (non-hydrogen) atoms. The average molecular weight is 1750 g/mol. The summed E-state index contributed by atoms with van der Waals surface area (Å²) in [4.78, 5) is 86.2. The summed E-state index contributed by atoms with van der Waals surface area (Å²) in [6, 6.07) is 42.0. The SMILES string of the molecule is CCC(C)(C)C(=O)OC1(C)CCCC1.CCC(C)(C)C(=O)OC12CC3CC(C1)CC(C(=O)OC(CS(=O)(=O)[O-])C(F)(F)F)(C3)C2.CCC(C)(C)C(=O)OC1C2CC3C(=O)OC1C3O2.CCC(C)(C)C(=O)Oc1ccc(O)cc1.CCC(C)c1cccc(O)c1.CCC1(OC(=O)C(C)(C)CC)CCCC1.c1ccc(-[s+]2c3ccccc3c3ccccc32)cc1. The highest BCUT2D eigenvalue weighted by molar-refractivity contribution is 7.85. The van der Waals surface area contributed by atoms with Crippen LogP contribution in [0.2, 0.25) is 0 Å². The van der Waals surface area contributed by atoms with Crippen LogP contribution in [0.5, 0.6) is 17.2 Å². The van der Waals surface area contributed by atoms with Crippen molar-refractivity contribution in [1.82, 2.24) is 0 Å². The topological polar surface area (TPSA) is 291 Å². The zero-order valence-corrected chi connectivity index (χ0v) is 77.4. The third-order valence-electron chi connectivity index (χ3n) is 27.0. The van der Waals surface area contributed by atoms with Gasteiger partial charge < -0.3 is 52.7 Å². The van der Waals surface area contributed by atoms with Crippen molar-refractivity contribution in [3.63, 3.8) is 0 Å². The number of halogens is 3. The fourth-order valence-electron chi connectivity index (χ4n) is 16.9. The number of benzene rings is 5. The number of hydrogen-bond donors (Lipinski definition) is 2. The summed E-state index contributed by atoms with van der Waals surface area (Å²) in [6.07, 6.45) is 8.41. The van der Waals surface area contributed by atoms with Gasteiger partial charge in [-0.1, -0.05) is 110 Å². The highest BCUT2D eigenvalue weighted by Gasteiger charge is 2.66. The lowest BCUT2D eigenvalue weighted by atomic mass is 9.48. The summed E-state index contributed by atoms with van der Waals surface area (Å²) in [7, 11) is -5.21. The fraction of sp³-hybridized carbons (Fsp3) is 0.622. The second-order valence-corrected chi connectivity index (χ2v) is 41.9. The predicted molar refractivity (Wildman–Crippen MR) is 470 cm³/mol. The van der Waals surface area contributed by atoms with Gasteiger partial charge in [-0.05, 0) is 307 Å². The molecule has 6 aromatic rings. The van der Waals surface area contributed by atoms with E-state index in [9.17, 15) is 59.7 Å². The molecule has 6 aliphatic carbocycles. The molecule has 2 N–H and O–H groups in total. The normalized spacial score (nSPS) is 23.6. The highest BCUT2D eigenvalue weighted by atomic mass is 32.2. The Morgan fingerprint density at radius 1 is 0.569 bits per heavy atom. The third kappa shape index (κ3) is 25.6. The monoisotopic (exact) mass is 1750 g/mol. The first-order valence-corrected chi connectivity index (χ1v) is 47.0. The number of phenols is 2. The van der Waals surface area contributed by atoms with Crippen LogP contribution in [-0.4, -0.2) is 124 Å². The molecule has 9 unspecified atom stereocenters. The molecule has 6 saturated carbocycles. The predicted octanol–water partition coefficient (Wildman–Crippen LogP) is 22.7. The molecule has 5 aromatic carbocycles. The van der Waals surface area contributed by atoms with Gasteiger partial charge in [0.1, 0.15) is 40.2 Å². The van der Waals surface area contributed by atoms with Gasteiger partial charge >= 0.3 is 48.0 Å². The number of hydrogen-bond acceptors (Lipinski definition) is 20. The molecular formula is C98H135F3O20S2. The van der Waals surface area contributed by atoms with Gasteiger partial charge in [-0.15, -0.1) is 0 Å². The average Bonchev–Trinajstić information content (AvgIpc) is 1.71. The molecular weight excluding hydrogens is 1620 g/mol. The zero-order valence-electron chi connectivity index (χ0n) is 75.8. The van der Waals surface area contributed by atoms with Crippen molar-refractivity contribution in [1.29, 1.82) is 0 Å². The number of esters is 7. The van der Waals surface area contributed by atoms with Crippen molar-refractivity contribution < 1.29 is 108 Å². The summed E-state index contributed by atoms with van der Waals surface area (Å²) >= 11 is 0. The van der Waals surface area contributed by atoms with E-state index in [1.165, 1.54) is 68.4 Å². The van der Waals surface area contributed by atoms with Crippen LogP contribution in [0.4, 0.5) is 13.2 Å². The van der Waals surface area contributed by atoms with E-state index >= 15 is 0 Å². The molecule has 9 aliphatic rings. The molecule has 20 nitrogen and oxygen atoms in total. The van der Waals surface area contributed by atoms with Crippen molar-refractivity contribution in [2.45, 2.75) is 332 Å². The van der Waals surface area contributed by atoms with Crippen LogP contribution in [0.25, 0.3) is 25.1 Å². The van der Waals surface area contributed by atoms with Crippen LogP contribution >= 0.6 is 10.5 Å². The number of carbonyl (C=O) groups is 7. The van der Waals surface area contributed by atoms with Crippen molar-refractivity contribution in [2.75, 3.05) is 5.75 Å². The van der Waals surface area contributed by atoms with Crippen LogP contribution in [0.3, 0.4) is 0 Å². The van der Waals surface area contributed by atoms with E-state index in [-0.39, 0.29) is 104 Å². The first kappa shape index (κ1) is 100. The van der Waals surface area contributed by atoms with Crippen LogP contribution < -0.4 is 4.74 Å². The fourth-order valence-corrected chi connectivity index (χ4v) is 19.9. The van der Waals surface area contributed by atoms with E-state index in [2.05, 4.69) is 111 Å². The Balaban J connectivity index is 0.000000183. The van der Waals surface area contributed by atoms with Crippen molar-refractivity contribution in [3.8, 4) is 22.1 Å². The van der Waals surface area contributed by atoms with E-state index in [4.69, 9.17) is 43.4 Å². The maximum Gasteiger partial charge on any atom is 0.426 e. The Morgan fingerprint density at radius 2 is 1.05 bits per heavy atom. The summed E-state index contributed by atoms with van der Waals surface area (Å²) in [5.41, 5.74) is -3.69. The standard InChI is InChI=1S/C20H29F3O7S.C18H13S.C13H18O5.C13H24O2.C12H16O3.C12H22O2.C10H14O/c1-4-17(2,3)15(24)30-19-8-12-5-13(9-19)7-18(6-12,11-19)16(25)29-14(20(21,22)23)10-31(26,27)28;1-2-8-14(9-3-1)19-17-12-6-4-10-15(17)16-11-5-7-13-18(16)19;1-4-13(2,3)12(15)18-9-7-5-6-8(16-7)10(9)17-11(6)14;1-5-12(3,4)11(14)15-13(6-2)9-7-8-10-13;1-4-12(2,3)11(14)15-10-7-5-9(13)6-8-10;1-5-11(2,3)10(13)14-12(4)8-6-7-9-12;1-3-8(2)9-5-4-6-10(11)7-9/h12-14H,4-11H2,1-3H3,(H,26,27,28);1-13H;6-10H,4-5H2,1-3H3;5-10H2,1-4H3;5-8,13H,4H2,1-3H3;5-9H2,1-4H3;4-8,11H,3H2,1-2H3/q;+1;;;;;/p-1. The van der Waals surface area contributed by atoms with Crippen LogP contribution in [0, 0.1) is 50.2 Å². The van der Waals surface area contributed by atoms with Gasteiger partial charge in [0.15, 0.2) is 26.5 Å². The smallest absolute Gasteiger partial charge is 0.426 e. The Hall–Kier alpha value is -8.13. The molecule has 680 valence electrons. The van der Waals surface area contributed by atoms with Crippen LogP contribution in [0.15, 0.2) is 127 Å². The third-order valence-corrected chi connectivity index (χ3v) is 30.0. The summed E-state index contributed by atoms with van der Waals surface area (Å²) in [5, 5.41) is 21.0. The van der Waals surface area contributed by atoms with E-state index in [0.29, 0.717) is 62.4 Å². The lowest BCUT2D eigenvalue weighted by Crippen LogP contribution is -2.61. The Morgan fingerprint density at radius 3 is 1.54 bits per heavy atom. The lowest BCUT2D eigenvalue weighted by Gasteiger charge is -2.60. The molecule has 15 rings (SSSR count). The Bertz CT molecular complexity index is 4620. The molecule has 25 heteroatoms. The minimum Gasteiger partial charge on any atom is -0.748 e. The molecule has 1 aromatic heterocycles. The van der Waals surface area contributed by atoms with E-state index in [1.807, 2.05) is 108 Å². The highest BCUT2D eigenvalue weighted by Crippen LogP contribution is 2.64. The number of fused-ring (bicyclic) bond motifs is 4. The molecule has 3 saturated heterocycles. The number of thiophene rings is 1.